The minimum atomic E-state index is -0.389. The van der Waals surface area contributed by atoms with Crippen LogP contribution in [0.25, 0.3) is 0 Å². The van der Waals surface area contributed by atoms with E-state index in [4.69, 9.17) is 9.47 Å². The number of hydrogen-bond acceptors (Lipinski definition) is 4. The van der Waals surface area contributed by atoms with Crippen molar-refractivity contribution in [3.05, 3.63) is 71.8 Å². The third kappa shape index (κ3) is 3.45. The van der Waals surface area contributed by atoms with E-state index in [9.17, 15) is 5.11 Å². The molecule has 2 aromatic carbocycles. The SMILES string of the molecule is C=CCOc1ccc(CN[C@H]2c3ccccc3C[C@H]2O)cc1OC. The van der Waals surface area contributed by atoms with Crippen molar-refractivity contribution in [2.45, 2.75) is 25.1 Å². The minimum Gasteiger partial charge on any atom is -0.493 e. The van der Waals surface area contributed by atoms with Crippen LogP contribution in [0.2, 0.25) is 0 Å². The van der Waals surface area contributed by atoms with E-state index in [2.05, 4.69) is 24.0 Å². The second kappa shape index (κ2) is 7.51. The van der Waals surface area contributed by atoms with Gasteiger partial charge in [0.25, 0.3) is 0 Å². The Labute approximate surface area is 142 Å². The fraction of sp³-hybridized carbons (Fsp3) is 0.300. The van der Waals surface area contributed by atoms with Gasteiger partial charge in [-0.2, -0.15) is 0 Å². The Kier molecular flexibility index (Phi) is 5.18. The summed E-state index contributed by atoms with van der Waals surface area (Å²) >= 11 is 0. The maximum Gasteiger partial charge on any atom is 0.161 e. The Morgan fingerprint density at radius 3 is 2.88 bits per heavy atom. The molecule has 1 aliphatic rings. The zero-order valence-corrected chi connectivity index (χ0v) is 13.9. The van der Waals surface area contributed by atoms with Gasteiger partial charge in [-0.15, -0.1) is 0 Å². The lowest BCUT2D eigenvalue weighted by atomic mass is 10.1. The molecule has 4 heteroatoms. The number of nitrogens with one attached hydrogen (secondary N) is 1. The second-order valence-electron chi connectivity index (χ2n) is 5.91. The number of ether oxygens (including phenoxy) is 2. The van der Waals surface area contributed by atoms with Crippen molar-refractivity contribution in [2.24, 2.45) is 0 Å². The zero-order valence-electron chi connectivity index (χ0n) is 13.9. The molecular formula is C20H23NO3. The molecule has 0 aliphatic heterocycles. The van der Waals surface area contributed by atoms with Gasteiger partial charge in [0.2, 0.25) is 0 Å². The lowest BCUT2D eigenvalue weighted by molar-refractivity contribution is 0.140. The normalized spacial score (nSPS) is 18.9. The van der Waals surface area contributed by atoms with Gasteiger partial charge in [-0.1, -0.05) is 43.0 Å². The van der Waals surface area contributed by atoms with Gasteiger partial charge in [0.15, 0.2) is 11.5 Å². The summed E-state index contributed by atoms with van der Waals surface area (Å²) in [7, 11) is 1.63. The molecule has 2 atom stereocenters. The van der Waals surface area contributed by atoms with E-state index in [1.54, 1.807) is 13.2 Å². The Balaban J connectivity index is 1.69. The van der Waals surface area contributed by atoms with Crippen LogP contribution in [0, 0.1) is 0 Å². The molecule has 0 fully saturated rings. The molecule has 0 saturated heterocycles. The highest BCUT2D eigenvalue weighted by molar-refractivity contribution is 5.43. The Morgan fingerprint density at radius 2 is 2.08 bits per heavy atom. The number of aliphatic hydroxyl groups excluding tert-OH is 1. The standard InChI is InChI=1S/C20H23NO3/c1-3-10-24-18-9-8-14(11-19(18)23-2)13-21-20-16-7-5-4-6-15(16)12-17(20)22/h3-9,11,17,20-22H,1,10,12-13H2,2H3/t17-,20+/m1/s1. The quantitative estimate of drug-likeness (QED) is 0.769. The fourth-order valence-electron chi connectivity index (χ4n) is 3.14. The van der Waals surface area contributed by atoms with Gasteiger partial charge in [0, 0.05) is 13.0 Å². The van der Waals surface area contributed by atoms with Crippen LogP contribution in [0.1, 0.15) is 22.7 Å². The summed E-state index contributed by atoms with van der Waals surface area (Å²) in [5.41, 5.74) is 3.48. The number of rotatable bonds is 7. The van der Waals surface area contributed by atoms with Gasteiger partial charge in [-0.25, -0.2) is 0 Å². The van der Waals surface area contributed by atoms with E-state index in [1.807, 2.05) is 30.3 Å². The summed E-state index contributed by atoms with van der Waals surface area (Å²) in [6, 6.07) is 14.0. The predicted octanol–water partition coefficient (Wildman–Crippen LogP) is 3.01. The first kappa shape index (κ1) is 16.6. The number of hydrogen-bond donors (Lipinski definition) is 2. The summed E-state index contributed by atoms with van der Waals surface area (Å²) in [6.07, 6.45) is 2.01. The Bertz CT molecular complexity index is 714. The van der Waals surface area contributed by atoms with Crippen LogP contribution >= 0.6 is 0 Å². The first-order chi connectivity index (χ1) is 11.7. The molecule has 1 aliphatic carbocycles. The van der Waals surface area contributed by atoms with Gasteiger partial charge in [0.1, 0.15) is 6.61 Å². The third-order valence-electron chi connectivity index (χ3n) is 4.31. The van der Waals surface area contributed by atoms with Crippen molar-refractivity contribution in [3.63, 3.8) is 0 Å². The van der Waals surface area contributed by atoms with E-state index in [0.717, 1.165) is 5.56 Å². The van der Waals surface area contributed by atoms with Crippen molar-refractivity contribution in [1.29, 1.82) is 0 Å². The summed E-state index contributed by atoms with van der Waals surface area (Å²) in [5.74, 6) is 1.40. The van der Waals surface area contributed by atoms with Gasteiger partial charge in [0.05, 0.1) is 19.3 Å². The molecule has 3 rings (SSSR count). The summed E-state index contributed by atoms with van der Waals surface area (Å²) in [6.45, 7) is 4.74. The molecular weight excluding hydrogens is 302 g/mol. The maximum absolute atomic E-state index is 10.3. The number of methoxy groups -OCH3 is 1. The van der Waals surface area contributed by atoms with Crippen LogP contribution in [0.3, 0.4) is 0 Å². The lowest BCUT2D eigenvalue weighted by Crippen LogP contribution is -2.28. The van der Waals surface area contributed by atoms with Gasteiger partial charge in [-0.05, 0) is 28.8 Å². The summed E-state index contributed by atoms with van der Waals surface area (Å²) in [5, 5.41) is 13.8. The Morgan fingerprint density at radius 1 is 1.25 bits per heavy atom. The van der Waals surface area contributed by atoms with Gasteiger partial charge >= 0.3 is 0 Å². The van der Waals surface area contributed by atoms with Crippen LogP contribution in [0.5, 0.6) is 11.5 Å². The molecule has 0 amide bonds. The average molecular weight is 325 g/mol. The van der Waals surface area contributed by atoms with Crippen molar-refractivity contribution in [1.82, 2.24) is 5.32 Å². The van der Waals surface area contributed by atoms with Crippen LogP contribution in [-0.4, -0.2) is 24.9 Å². The first-order valence-corrected chi connectivity index (χ1v) is 8.12. The maximum atomic E-state index is 10.3. The molecule has 0 bridgehead atoms. The predicted molar refractivity (Wildman–Crippen MR) is 94.4 cm³/mol. The molecule has 0 spiro atoms. The van der Waals surface area contributed by atoms with Crippen LogP contribution < -0.4 is 14.8 Å². The average Bonchev–Trinajstić information content (AvgIpc) is 2.93. The number of benzene rings is 2. The van der Waals surface area contributed by atoms with Crippen molar-refractivity contribution in [2.75, 3.05) is 13.7 Å². The number of fused-ring (bicyclic) bond motifs is 1. The third-order valence-corrected chi connectivity index (χ3v) is 4.31. The molecule has 0 aromatic heterocycles. The van der Waals surface area contributed by atoms with Crippen LogP contribution in [-0.2, 0) is 13.0 Å². The summed E-state index contributed by atoms with van der Waals surface area (Å²) in [4.78, 5) is 0. The molecule has 126 valence electrons. The molecule has 24 heavy (non-hydrogen) atoms. The fourth-order valence-corrected chi connectivity index (χ4v) is 3.14. The molecule has 2 N–H and O–H groups in total. The molecule has 0 saturated carbocycles. The summed E-state index contributed by atoms with van der Waals surface area (Å²) < 4.78 is 11.0. The highest BCUT2D eigenvalue weighted by Gasteiger charge is 2.30. The van der Waals surface area contributed by atoms with Crippen molar-refractivity contribution >= 4 is 0 Å². The van der Waals surface area contributed by atoms with Crippen LogP contribution in [0.4, 0.5) is 0 Å². The van der Waals surface area contributed by atoms with E-state index in [0.29, 0.717) is 31.1 Å². The highest BCUT2D eigenvalue weighted by Crippen LogP contribution is 2.32. The van der Waals surface area contributed by atoms with E-state index in [1.165, 1.54) is 11.1 Å². The first-order valence-electron chi connectivity index (χ1n) is 8.12. The number of aliphatic hydroxyl groups is 1. The van der Waals surface area contributed by atoms with Crippen molar-refractivity contribution < 1.29 is 14.6 Å². The van der Waals surface area contributed by atoms with Gasteiger partial charge in [-0.3, -0.25) is 0 Å². The second-order valence-corrected chi connectivity index (χ2v) is 5.91. The molecule has 2 aromatic rings. The Hall–Kier alpha value is -2.30. The van der Waals surface area contributed by atoms with E-state index < -0.39 is 0 Å². The van der Waals surface area contributed by atoms with Crippen LogP contribution in [0.15, 0.2) is 55.1 Å². The minimum absolute atomic E-state index is 0.0381. The largest absolute Gasteiger partial charge is 0.493 e. The smallest absolute Gasteiger partial charge is 0.161 e. The van der Waals surface area contributed by atoms with E-state index >= 15 is 0 Å². The molecule has 4 nitrogen and oxygen atoms in total. The lowest BCUT2D eigenvalue weighted by Gasteiger charge is -2.18. The molecule has 0 heterocycles. The molecule has 0 unspecified atom stereocenters. The monoisotopic (exact) mass is 325 g/mol. The molecule has 0 radical (unpaired) electrons. The van der Waals surface area contributed by atoms with Crippen molar-refractivity contribution in [3.8, 4) is 11.5 Å². The topological polar surface area (TPSA) is 50.7 Å². The highest BCUT2D eigenvalue weighted by atomic mass is 16.5. The van der Waals surface area contributed by atoms with Gasteiger partial charge < -0.3 is 19.9 Å². The van der Waals surface area contributed by atoms with E-state index in [-0.39, 0.29) is 12.1 Å². The zero-order chi connectivity index (χ0) is 16.9.